The van der Waals surface area contributed by atoms with Crippen molar-refractivity contribution in [1.29, 1.82) is 0 Å². The first-order valence-electron chi connectivity index (χ1n) is 5.95. The second-order valence-electron chi connectivity index (χ2n) is 4.37. The van der Waals surface area contributed by atoms with Gasteiger partial charge in [0.15, 0.2) is 11.5 Å². The third-order valence-corrected chi connectivity index (χ3v) is 4.56. The van der Waals surface area contributed by atoms with Gasteiger partial charge in [-0.3, -0.25) is 0 Å². The standard InChI is InChI=1S/C15H8Br3NO2/c16-10-3-1-8(2-4-10)14(19-20)13-6-9-5-11(17)7-12(18)15(9)21-13/h1-7,20H/b19-14-. The molecular formula is C15H8Br3NO2. The molecule has 0 spiro atoms. The highest BCUT2D eigenvalue weighted by Gasteiger charge is 2.15. The van der Waals surface area contributed by atoms with Crippen LogP contribution in [0.5, 0.6) is 0 Å². The first-order chi connectivity index (χ1) is 10.1. The number of furan rings is 1. The molecule has 106 valence electrons. The summed E-state index contributed by atoms with van der Waals surface area (Å²) in [4.78, 5) is 0. The highest BCUT2D eigenvalue weighted by atomic mass is 79.9. The Morgan fingerprint density at radius 3 is 2.33 bits per heavy atom. The molecule has 21 heavy (non-hydrogen) atoms. The summed E-state index contributed by atoms with van der Waals surface area (Å²) < 4.78 is 8.56. The molecule has 0 saturated carbocycles. The van der Waals surface area contributed by atoms with Crippen LogP contribution < -0.4 is 0 Å². The molecule has 0 aliphatic carbocycles. The minimum absolute atomic E-state index is 0.390. The average Bonchev–Trinajstić information content (AvgIpc) is 2.85. The Morgan fingerprint density at radius 2 is 1.67 bits per heavy atom. The Morgan fingerprint density at radius 1 is 0.952 bits per heavy atom. The molecule has 6 heteroatoms. The summed E-state index contributed by atoms with van der Waals surface area (Å²) in [6.07, 6.45) is 0. The normalized spacial score (nSPS) is 12.0. The quantitative estimate of drug-likeness (QED) is 0.284. The zero-order valence-corrected chi connectivity index (χ0v) is 15.2. The molecule has 0 amide bonds. The molecule has 0 bridgehead atoms. The van der Waals surface area contributed by atoms with E-state index in [2.05, 4.69) is 52.9 Å². The Hall–Kier alpha value is -1.11. The van der Waals surface area contributed by atoms with Crippen LogP contribution in [0.2, 0.25) is 0 Å². The molecule has 1 N–H and O–H groups in total. The van der Waals surface area contributed by atoms with Crippen LogP contribution >= 0.6 is 47.8 Å². The zero-order chi connectivity index (χ0) is 15.0. The van der Waals surface area contributed by atoms with Crippen LogP contribution in [0.3, 0.4) is 0 Å². The van der Waals surface area contributed by atoms with Gasteiger partial charge in [0, 0.05) is 19.9 Å². The number of rotatable bonds is 2. The summed E-state index contributed by atoms with van der Waals surface area (Å²) in [6.45, 7) is 0. The van der Waals surface area contributed by atoms with Crippen LogP contribution in [0.15, 0.2) is 65.5 Å². The van der Waals surface area contributed by atoms with Gasteiger partial charge in [-0.2, -0.15) is 0 Å². The van der Waals surface area contributed by atoms with Crippen molar-refractivity contribution in [1.82, 2.24) is 0 Å². The van der Waals surface area contributed by atoms with E-state index in [1.54, 1.807) is 0 Å². The summed E-state index contributed by atoms with van der Waals surface area (Å²) in [5, 5.41) is 13.7. The van der Waals surface area contributed by atoms with E-state index in [4.69, 9.17) is 4.42 Å². The van der Waals surface area contributed by atoms with Crippen molar-refractivity contribution in [2.24, 2.45) is 5.16 Å². The largest absolute Gasteiger partial charge is 0.453 e. The summed E-state index contributed by atoms with van der Waals surface area (Å²) in [5.41, 5.74) is 1.88. The molecular weight excluding hydrogens is 466 g/mol. The Labute approximate surface area is 146 Å². The van der Waals surface area contributed by atoms with Crippen LogP contribution in [-0.2, 0) is 0 Å². The molecule has 0 radical (unpaired) electrons. The van der Waals surface area contributed by atoms with Crippen LogP contribution in [-0.4, -0.2) is 10.9 Å². The predicted octanol–water partition coefficient (Wildman–Crippen LogP) is 5.95. The molecule has 1 heterocycles. The molecule has 0 aliphatic heterocycles. The van der Waals surface area contributed by atoms with E-state index >= 15 is 0 Å². The van der Waals surface area contributed by atoms with Gasteiger partial charge in [0.05, 0.1) is 4.47 Å². The average molecular weight is 474 g/mol. The second kappa shape index (κ2) is 5.94. The molecule has 0 aliphatic rings. The molecule has 3 rings (SSSR count). The Balaban J connectivity index is 2.14. The van der Waals surface area contributed by atoms with Crippen molar-refractivity contribution in [2.45, 2.75) is 0 Å². The van der Waals surface area contributed by atoms with E-state index in [9.17, 15) is 5.21 Å². The van der Waals surface area contributed by atoms with Crippen LogP contribution in [0.4, 0.5) is 0 Å². The fourth-order valence-corrected chi connectivity index (χ4v) is 3.65. The van der Waals surface area contributed by atoms with E-state index < -0.39 is 0 Å². The number of halogens is 3. The Bertz CT molecular complexity index is 838. The third-order valence-electron chi connectivity index (χ3n) is 2.99. The van der Waals surface area contributed by atoms with Gasteiger partial charge in [0.25, 0.3) is 0 Å². The van der Waals surface area contributed by atoms with E-state index in [1.807, 2.05) is 42.5 Å². The highest BCUT2D eigenvalue weighted by molar-refractivity contribution is 9.11. The number of hydrogen-bond acceptors (Lipinski definition) is 3. The van der Waals surface area contributed by atoms with Gasteiger partial charge in [-0.1, -0.05) is 49.1 Å². The maximum Gasteiger partial charge on any atom is 0.157 e. The lowest BCUT2D eigenvalue weighted by Gasteiger charge is -2.01. The maximum atomic E-state index is 9.35. The van der Waals surface area contributed by atoms with Crippen LogP contribution in [0.1, 0.15) is 11.3 Å². The monoisotopic (exact) mass is 471 g/mol. The lowest BCUT2D eigenvalue weighted by Crippen LogP contribution is -2.01. The first-order valence-corrected chi connectivity index (χ1v) is 8.33. The van der Waals surface area contributed by atoms with E-state index in [0.717, 1.165) is 24.4 Å². The third kappa shape index (κ3) is 2.93. The molecule has 1 aromatic heterocycles. The summed E-state index contributed by atoms with van der Waals surface area (Å²) in [5.74, 6) is 0.508. The van der Waals surface area contributed by atoms with Crippen LogP contribution in [0, 0.1) is 0 Å². The van der Waals surface area contributed by atoms with Gasteiger partial charge in [-0.25, -0.2) is 0 Å². The fraction of sp³-hybridized carbons (Fsp3) is 0. The summed E-state index contributed by atoms with van der Waals surface area (Å²) in [6, 6.07) is 13.2. The lowest BCUT2D eigenvalue weighted by atomic mass is 10.1. The van der Waals surface area contributed by atoms with Gasteiger partial charge in [-0.05, 0) is 46.3 Å². The second-order valence-corrected chi connectivity index (χ2v) is 7.06. The molecule has 0 atom stereocenters. The van der Waals surface area contributed by atoms with Crippen molar-refractivity contribution >= 4 is 64.5 Å². The highest BCUT2D eigenvalue weighted by Crippen LogP contribution is 2.32. The smallest absolute Gasteiger partial charge is 0.157 e. The van der Waals surface area contributed by atoms with E-state index in [1.165, 1.54) is 0 Å². The van der Waals surface area contributed by atoms with E-state index in [-0.39, 0.29) is 0 Å². The molecule has 3 nitrogen and oxygen atoms in total. The number of fused-ring (bicyclic) bond motifs is 1. The van der Waals surface area contributed by atoms with Crippen molar-refractivity contribution in [3.8, 4) is 0 Å². The topological polar surface area (TPSA) is 45.7 Å². The first kappa shape index (κ1) is 14.8. The maximum absolute atomic E-state index is 9.35. The molecule has 3 aromatic rings. The number of oxime groups is 1. The predicted molar refractivity (Wildman–Crippen MR) is 93.2 cm³/mol. The van der Waals surface area contributed by atoms with Crippen molar-refractivity contribution in [2.75, 3.05) is 0 Å². The number of hydrogen-bond donors (Lipinski definition) is 1. The fourth-order valence-electron chi connectivity index (χ4n) is 2.05. The molecule has 0 saturated heterocycles. The van der Waals surface area contributed by atoms with E-state index in [0.29, 0.717) is 17.1 Å². The van der Waals surface area contributed by atoms with Crippen molar-refractivity contribution < 1.29 is 9.62 Å². The summed E-state index contributed by atoms with van der Waals surface area (Å²) in [7, 11) is 0. The van der Waals surface area contributed by atoms with Crippen molar-refractivity contribution in [3.63, 3.8) is 0 Å². The van der Waals surface area contributed by atoms with Gasteiger partial charge in [0.1, 0.15) is 5.58 Å². The molecule has 0 unspecified atom stereocenters. The minimum Gasteiger partial charge on any atom is -0.453 e. The molecule has 0 fully saturated rings. The van der Waals surface area contributed by atoms with Gasteiger partial charge in [0.2, 0.25) is 0 Å². The summed E-state index contributed by atoms with van der Waals surface area (Å²) >= 11 is 10.3. The van der Waals surface area contributed by atoms with Crippen molar-refractivity contribution in [3.05, 3.63) is 67.2 Å². The number of nitrogens with zero attached hydrogens (tertiary/aromatic N) is 1. The minimum atomic E-state index is 0.390. The van der Waals surface area contributed by atoms with Gasteiger partial charge >= 0.3 is 0 Å². The van der Waals surface area contributed by atoms with Crippen LogP contribution in [0.25, 0.3) is 11.0 Å². The van der Waals surface area contributed by atoms with Gasteiger partial charge in [-0.15, -0.1) is 0 Å². The SMILES string of the molecule is O/N=C(/c1ccc(Br)cc1)c1cc2cc(Br)cc(Br)c2o1. The number of benzene rings is 2. The zero-order valence-electron chi connectivity index (χ0n) is 10.5. The van der Waals surface area contributed by atoms with Gasteiger partial charge < -0.3 is 9.62 Å². The Kier molecular flexibility index (Phi) is 4.19. The molecule has 2 aromatic carbocycles. The lowest BCUT2D eigenvalue weighted by molar-refractivity contribution is 0.318.